The Bertz CT molecular complexity index is 1310. The largest absolute Gasteiger partial charge is 0.481 e. The summed E-state index contributed by atoms with van der Waals surface area (Å²) in [5.74, 6) is -1.21. The number of hydrogen-bond acceptors (Lipinski definition) is 5. The van der Waals surface area contributed by atoms with Gasteiger partial charge in [0.15, 0.2) is 0 Å². The quantitative estimate of drug-likeness (QED) is 0.547. The Morgan fingerprint density at radius 1 is 1.03 bits per heavy atom. The molecule has 0 aliphatic heterocycles. The SMILES string of the molecule is NC(=O)n1nc(-c2c(-c3ccccc3)nn3ccccc23)cc(CC(=O)O)c1=O. The molecule has 0 aliphatic rings. The van der Waals surface area contributed by atoms with E-state index < -0.39 is 24.0 Å². The van der Waals surface area contributed by atoms with Crippen molar-refractivity contribution in [3.8, 4) is 22.5 Å². The molecule has 0 unspecified atom stereocenters. The number of carbonyl (C=O) groups excluding carboxylic acids is 1. The predicted molar refractivity (Wildman–Crippen MR) is 104 cm³/mol. The molecule has 1 aromatic carbocycles. The number of carbonyl (C=O) groups is 2. The Labute approximate surface area is 163 Å². The fourth-order valence-corrected chi connectivity index (χ4v) is 3.16. The van der Waals surface area contributed by atoms with Gasteiger partial charge in [0.25, 0.3) is 5.56 Å². The van der Waals surface area contributed by atoms with Gasteiger partial charge in [0.1, 0.15) is 5.69 Å². The van der Waals surface area contributed by atoms with E-state index in [1.54, 1.807) is 10.7 Å². The lowest BCUT2D eigenvalue weighted by atomic mass is 10.0. The zero-order valence-electron chi connectivity index (χ0n) is 15.0. The van der Waals surface area contributed by atoms with E-state index in [2.05, 4.69) is 10.2 Å². The monoisotopic (exact) mass is 389 g/mol. The van der Waals surface area contributed by atoms with Crippen LogP contribution >= 0.6 is 0 Å². The number of amides is 1. The van der Waals surface area contributed by atoms with Crippen molar-refractivity contribution in [2.24, 2.45) is 5.73 Å². The van der Waals surface area contributed by atoms with E-state index in [1.165, 1.54) is 6.07 Å². The summed E-state index contributed by atoms with van der Waals surface area (Å²) in [5, 5.41) is 17.9. The summed E-state index contributed by atoms with van der Waals surface area (Å²) in [4.78, 5) is 35.4. The van der Waals surface area contributed by atoms with Gasteiger partial charge in [-0.05, 0) is 18.2 Å². The highest BCUT2D eigenvalue weighted by molar-refractivity contribution is 5.91. The van der Waals surface area contributed by atoms with Gasteiger partial charge >= 0.3 is 12.0 Å². The van der Waals surface area contributed by atoms with Gasteiger partial charge in [-0.25, -0.2) is 9.31 Å². The average Bonchev–Trinajstić information content (AvgIpc) is 3.09. The highest BCUT2D eigenvalue weighted by atomic mass is 16.4. The van der Waals surface area contributed by atoms with Crippen LogP contribution in [0.4, 0.5) is 4.79 Å². The van der Waals surface area contributed by atoms with Crippen LogP contribution in [0.2, 0.25) is 0 Å². The minimum Gasteiger partial charge on any atom is -0.481 e. The molecule has 0 bridgehead atoms. The van der Waals surface area contributed by atoms with Crippen LogP contribution in [0.5, 0.6) is 0 Å². The Balaban J connectivity index is 2.07. The van der Waals surface area contributed by atoms with Gasteiger partial charge in [-0.15, -0.1) is 4.68 Å². The summed E-state index contributed by atoms with van der Waals surface area (Å²) >= 11 is 0. The molecule has 1 amide bonds. The Kier molecular flexibility index (Phi) is 4.40. The van der Waals surface area contributed by atoms with Crippen molar-refractivity contribution in [3.05, 3.63) is 76.7 Å². The van der Waals surface area contributed by atoms with E-state index in [0.717, 1.165) is 5.56 Å². The lowest BCUT2D eigenvalue weighted by Crippen LogP contribution is -2.36. The Morgan fingerprint density at radius 2 is 1.76 bits per heavy atom. The molecule has 0 saturated carbocycles. The maximum atomic E-state index is 12.4. The number of primary amides is 1. The highest BCUT2D eigenvalue weighted by Crippen LogP contribution is 2.33. The lowest BCUT2D eigenvalue weighted by molar-refractivity contribution is -0.136. The number of aromatic nitrogens is 4. The number of aliphatic carboxylic acids is 1. The summed E-state index contributed by atoms with van der Waals surface area (Å²) in [6.07, 6.45) is 1.19. The average molecular weight is 389 g/mol. The van der Waals surface area contributed by atoms with Crippen molar-refractivity contribution < 1.29 is 14.7 Å². The third-order valence-electron chi connectivity index (χ3n) is 4.38. The number of rotatable bonds is 4. The molecule has 9 nitrogen and oxygen atoms in total. The van der Waals surface area contributed by atoms with E-state index in [4.69, 9.17) is 10.8 Å². The van der Waals surface area contributed by atoms with Gasteiger partial charge in [-0.1, -0.05) is 36.4 Å². The van der Waals surface area contributed by atoms with Crippen LogP contribution in [0.25, 0.3) is 28.0 Å². The molecule has 144 valence electrons. The first-order valence-corrected chi connectivity index (χ1v) is 8.63. The van der Waals surface area contributed by atoms with Crippen LogP contribution < -0.4 is 11.3 Å². The number of pyridine rings is 1. The first-order valence-electron chi connectivity index (χ1n) is 8.63. The third kappa shape index (κ3) is 3.25. The molecule has 4 rings (SSSR count). The van der Waals surface area contributed by atoms with Crippen LogP contribution in [0.1, 0.15) is 5.56 Å². The maximum Gasteiger partial charge on any atom is 0.342 e. The van der Waals surface area contributed by atoms with Crippen molar-refractivity contribution in [1.29, 1.82) is 0 Å². The zero-order valence-corrected chi connectivity index (χ0v) is 15.0. The van der Waals surface area contributed by atoms with Crippen LogP contribution in [-0.2, 0) is 11.2 Å². The van der Waals surface area contributed by atoms with E-state index in [9.17, 15) is 14.4 Å². The van der Waals surface area contributed by atoms with Gasteiger partial charge < -0.3 is 10.8 Å². The number of carboxylic acid groups (broad SMARTS) is 1. The molecule has 3 N–H and O–H groups in total. The summed E-state index contributed by atoms with van der Waals surface area (Å²) in [6, 6.07) is 15.0. The van der Waals surface area contributed by atoms with E-state index in [0.29, 0.717) is 21.5 Å². The number of fused-ring (bicyclic) bond motifs is 1. The minimum absolute atomic E-state index is 0.101. The molecule has 0 atom stereocenters. The van der Waals surface area contributed by atoms with Crippen LogP contribution in [0, 0.1) is 0 Å². The second kappa shape index (κ2) is 7.04. The van der Waals surface area contributed by atoms with Gasteiger partial charge in [0.2, 0.25) is 0 Å². The standard InChI is InChI=1S/C20H15N5O4/c21-20(29)25-19(28)13(11-16(26)27)10-14(22-25)17-15-8-4-5-9-24(15)23-18(17)12-6-2-1-3-7-12/h1-10H,11H2,(H2,21,29)(H,26,27). The molecule has 0 saturated heterocycles. The molecule has 0 fully saturated rings. The second-order valence-electron chi connectivity index (χ2n) is 6.30. The summed E-state index contributed by atoms with van der Waals surface area (Å²) in [7, 11) is 0. The number of nitrogens with zero attached hydrogens (tertiary/aromatic N) is 4. The predicted octanol–water partition coefficient (Wildman–Crippen LogP) is 1.78. The topological polar surface area (TPSA) is 133 Å². The normalized spacial score (nSPS) is 10.9. The van der Waals surface area contributed by atoms with Gasteiger partial charge in [0.05, 0.1) is 23.2 Å². The Morgan fingerprint density at radius 3 is 2.45 bits per heavy atom. The number of carboxylic acids is 1. The van der Waals surface area contributed by atoms with Crippen LogP contribution in [-0.4, -0.2) is 36.5 Å². The van der Waals surface area contributed by atoms with Crippen molar-refractivity contribution in [2.45, 2.75) is 6.42 Å². The van der Waals surface area contributed by atoms with Crippen LogP contribution in [0.3, 0.4) is 0 Å². The number of benzene rings is 1. The maximum absolute atomic E-state index is 12.4. The second-order valence-corrected chi connectivity index (χ2v) is 6.30. The number of nitrogens with two attached hydrogens (primary N) is 1. The van der Waals surface area contributed by atoms with Crippen molar-refractivity contribution in [1.82, 2.24) is 19.4 Å². The molecule has 0 spiro atoms. The van der Waals surface area contributed by atoms with Gasteiger partial charge in [-0.3, -0.25) is 9.59 Å². The van der Waals surface area contributed by atoms with Crippen molar-refractivity contribution in [3.63, 3.8) is 0 Å². The third-order valence-corrected chi connectivity index (χ3v) is 4.38. The van der Waals surface area contributed by atoms with E-state index in [-0.39, 0.29) is 11.3 Å². The summed E-state index contributed by atoms with van der Waals surface area (Å²) < 4.78 is 2.13. The van der Waals surface area contributed by atoms with E-state index >= 15 is 0 Å². The molecule has 3 heterocycles. The summed E-state index contributed by atoms with van der Waals surface area (Å²) in [5.41, 5.74) is 7.15. The lowest BCUT2D eigenvalue weighted by Gasteiger charge is -2.08. The first kappa shape index (κ1) is 18.1. The fourth-order valence-electron chi connectivity index (χ4n) is 3.16. The molecule has 9 heteroatoms. The number of hydrogen-bond donors (Lipinski definition) is 2. The molecule has 0 radical (unpaired) electrons. The van der Waals surface area contributed by atoms with Gasteiger partial charge in [0, 0.05) is 17.3 Å². The summed E-state index contributed by atoms with van der Waals surface area (Å²) in [6.45, 7) is 0. The van der Waals surface area contributed by atoms with Crippen molar-refractivity contribution >= 4 is 17.5 Å². The molecule has 4 aromatic rings. The first-order chi connectivity index (χ1) is 14.0. The smallest absolute Gasteiger partial charge is 0.342 e. The highest BCUT2D eigenvalue weighted by Gasteiger charge is 2.21. The Hall–Kier alpha value is -4.27. The zero-order chi connectivity index (χ0) is 20.5. The molecule has 3 aromatic heterocycles. The fraction of sp³-hybridized carbons (Fsp3) is 0.0500. The molecular formula is C20H15N5O4. The van der Waals surface area contributed by atoms with Crippen molar-refractivity contribution in [2.75, 3.05) is 0 Å². The molecule has 29 heavy (non-hydrogen) atoms. The minimum atomic E-state index is -1.21. The van der Waals surface area contributed by atoms with E-state index in [1.807, 2.05) is 48.5 Å². The molecular weight excluding hydrogens is 374 g/mol. The van der Waals surface area contributed by atoms with Crippen LogP contribution in [0.15, 0.2) is 65.6 Å². The van der Waals surface area contributed by atoms with Gasteiger partial charge in [-0.2, -0.15) is 10.2 Å². The molecule has 0 aliphatic carbocycles.